The van der Waals surface area contributed by atoms with E-state index in [0.29, 0.717) is 17.3 Å². The molecular weight excluding hydrogens is 248 g/mol. The predicted molar refractivity (Wildman–Crippen MR) is 74.4 cm³/mol. The molecular formula is C12H16N4OS. The number of nitrogens with one attached hydrogen (secondary N) is 2. The average molecular weight is 264 g/mol. The van der Waals surface area contributed by atoms with Crippen molar-refractivity contribution in [3.05, 3.63) is 24.0 Å². The molecule has 1 amide bonds. The van der Waals surface area contributed by atoms with Crippen LogP contribution in [0.5, 0.6) is 0 Å². The van der Waals surface area contributed by atoms with Crippen LogP contribution < -0.4 is 16.4 Å². The Bertz CT molecular complexity index is 473. The number of nitrogens with two attached hydrogens (primary N) is 1. The average Bonchev–Trinajstić information content (AvgIpc) is 3.13. The molecule has 1 aromatic rings. The van der Waals surface area contributed by atoms with Gasteiger partial charge in [-0.2, -0.15) is 0 Å². The van der Waals surface area contributed by atoms with Gasteiger partial charge in [-0.05, 0) is 25.8 Å². The first-order chi connectivity index (χ1) is 8.58. The second-order valence-electron chi connectivity index (χ2n) is 4.43. The van der Waals surface area contributed by atoms with E-state index in [9.17, 15) is 4.79 Å². The first kappa shape index (κ1) is 12.8. The van der Waals surface area contributed by atoms with Crippen LogP contribution in [0.15, 0.2) is 18.5 Å². The molecule has 1 unspecified atom stereocenters. The zero-order valence-electron chi connectivity index (χ0n) is 10.1. The molecule has 1 saturated carbocycles. The summed E-state index contributed by atoms with van der Waals surface area (Å²) in [6.07, 6.45) is 5.39. The summed E-state index contributed by atoms with van der Waals surface area (Å²) in [4.78, 5) is 16.1. The third-order valence-electron chi connectivity index (χ3n) is 2.78. The van der Waals surface area contributed by atoms with Crippen molar-refractivity contribution in [2.45, 2.75) is 31.8 Å². The predicted octanol–water partition coefficient (Wildman–Crippen LogP) is 0.795. The van der Waals surface area contributed by atoms with Crippen LogP contribution in [0.2, 0.25) is 0 Å². The number of pyridine rings is 1. The van der Waals surface area contributed by atoms with Gasteiger partial charge in [0.15, 0.2) is 0 Å². The van der Waals surface area contributed by atoms with E-state index >= 15 is 0 Å². The number of amides is 1. The maximum atomic E-state index is 11.8. The molecule has 5 nitrogen and oxygen atoms in total. The zero-order valence-corrected chi connectivity index (χ0v) is 11.0. The minimum absolute atomic E-state index is 0.0183. The van der Waals surface area contributed by atoms with Gasteiger partial charge < -0.3 is 16.4 Å². The van der Waals surface area contributed by atoms with Gasteiger partial charge >= 0.3 is 0 Å². The molecule has 18 heavy (non-hydrogen) atoms. The number of hydrogen-bond donors (Lipinski definition) is 3. The Morgan fingerprint density at radius 2 is 2.33 bits per heavy atom. The van der Waals surface area contributed by atoms with Crippen LogP contribution >= 0.6 is 12.2 Å². The highest BCUT2D eigenvalue weighted by molar-refractivity contribution is 7.80. The Balaban J connectivity index is 2.03. The molecule has 1 aliphatic rings. The number of aromatic nitrogens is 1. The normalized spacial score (nSPS) is 15.8. The molecule has 2 rings (SSSR count). The standard InChI is InChI=1S/C12H16N4OS/c1-7(12(17)16-8-2-3-8)15-10-6-14-5-4-9(10)11(13)18/h4-8,15H,2-3H2,1H3,(H2,13,18)(H,16,17). The van der Waals surface area contributed by atoms with E-state index in [4.69, 9.17) is 18.0 Å². The van der Waals surface area contributed by atoms with E-state index in [-0.39, 0.29) is 16.9 Å². The van der Waals surface area contributed by atoms with E-state index in [1.165, 1.54) is 0 Å². The molecule has 1 atom stereocenters. The Morgan fingerprint density at radius 1 is 1.61 bits per heavy atom. The summed E-state index contributed by atoms with van der Waals surface area (Å²) in [6.45, 7) is 1.80. The summed E-state index contributed by atoms with van der Waals surface area (Å²) in [6, 6.07) is 1.74. The summed E-state index contributed by atoms with van der Waals surface area (Å²) in [5.41, 5.74) is 7.00. The number of rotatable bonds is 5. The fourth-order valence-electron chi connectivity index (χ4n) is 1.58. The molecule has 4 N–H and O–H groups in total. The van der Waals surface area contributed by atoms with E-state index in [1.54, 1.807) is 25.4 Å². The third-order valence-corrected chi connectivity index (χ3v) is 3.00. The topological polar surface area (TPSA) is 80.0 Å². The molecule has 1 aromatic heterocycles. The molecule has 0 aliphatic heterocycles. The monoisotopic (exact) mass is 264 g/mol. The smallest absolute Gasteiger partial charge is 0.242 e. The van der Waals surface area contributed by atoms with Gasteiger partial charge in [0.1, 0.15) is 11.0 Å². The van der Waals surface area contributed by atoms with E-state index < -0.39 is 0 Å². The lowest BCUT2D eigenvalue weighted by molar-refractivity contribution is -0.121. The Kier molecular flexibility index (Phi) is 3.76. The highest BCUT2D eigenvalue weighted by Gasteiger charge is 2.25. The van der Waals surface area contributed by atoms with Gasteiger partial charge in [0.2, 0.25) is 5.91 Å². The first-order valence-electron chi connectivity index (χ1n) is 5.88. The van der Waals surface area contributed by atoms with Gasteiger partial charge in [0.25, 0.3) is 0 Å². The van der Waals surface area contributed by atoms with Crippen LogP contribution in [0.3, 0.4) is 0 Å². The fourth-order valence-corrected chi connectivity index (χ4v) is 1.75. The Hall–Kier alpha value is -1.69. The number of carbonyl (C=O) groups excluding carboxylic acids is 1. The van der Waals surface area contributed by atoms with Gasteiger partial charge in [-0.15, -0.1) is 0 Å². The molecule has 1 fully saturated rings. The number of carbonyl (C=O) groups is 1. The summed E-state index contributed by atoms with van der Waals surface area (Å²) in [7, 11) is 0. The number of nitrogens with zero attached hydrogens (tertiary/aromatic N) is 1. The third kappa shape index (κ3) is 3.16. The Morgan fingerprint density at radius 3 is 2.94 bits per heavy atom. The largest absolute Gasteiger partial charge is 0.389 e. The van der Waals surface area contributed by atoms with E-state index in [2.05, 4.69) is 15.6 Å². The first-order valence-corrected chi connectivity index (χ1v) is 6.29. The maximum Gasteiger partial charge on any atom is 0.242 e. The maximum absolute atomic E-state index is 11.8. The summed E-state index contributed by atoms with van der Waals surface area (Å²) in [5, 5.41) is 6.02. The van der Waals surface area contributed by atoms with E-state index in [1.807, 2.05) is 0 Å². The van der Waals surface area contributed by atoms with Gasteiger partial charge in [-0.3, -0.25) is 9.78 Å². The highest BCUT2D eigenvalue weighted by atomic mass is 32.1. The van der Waals surface area contributed by atoms with Gasteiger partial charge in [0.05, 0.1) is 11.9 Å². The van der Waals surface area contributed by atoms with Crippen molar-refractivity contribution in [1.29, 1.82) is 0 Å². The minimum atomic E-state index is -0.345. The molecule has 0 saturated heterocycles. The summed E-state index contributed by atoms with van der Waals surface area (Å²) in [5.74, 6) is -0.0183. The summed E-state index contributed by atoms with van der Waals surface area (Å²) >= 11 is 4.96. The highest BCUT2D eigenvalue weighted by Crippen LogP contribution is 2.19. The second-order valence-corrected chi connectivity index (χ2v) is 4.87. The molecule has 1 aliphatic carbocycles. The zero-order chi connectivity index (χ0) is 13.1. The molecule has 0 radical (unpaired) electrons. The fraction of sp³-hybridized carbons (Fsp3) is 0.417. The van der Waals surface area contributed by atoms with Gasteiger partial charge in [-0.1, -0.05) is 12.2 Å². The second kappa shape index (κ2) is 5.30. The summed E-state index contributed by atoms with van der Waals surface area (Å²) < 4.78 is 0. The Labute approximate surface area is 111 Å². The lowest BCUT2D eigenvalue weighted by Crippen LogP contribution is -2.39. The number of thiocarbonyl (C=S) groups is 1. The van der Waals surface area contributed by atoms with Crippen molar-refractivity contribution in [1.82, 2.24) is 10.3 Å². The molecule has 1 heterocycles. The minimum Gasteiger partial charge on any atom is -0.389 e. The van der Waals surface area contributed by atoms with Crippen LogP contribution in [0.4, 0.5) is 5.69 Å². The van der Waals surface area contributed by atoms with Crippen LogP contribution in [0.25, 0.3) is 0 Å². The van der Waals surface area contributed by atoms with Crippen LogP contribution in [0.1, 0.15) is 25.3 Å². The number of hydrogen-bond acceptors (Lipinski definition) is 4. The quantitative estimate of drug-likeness (QED) is 0.685. The van der Waals surface area contributed by atoms with Crippen molar-refractivity contribution < 1.29 is 4.79 Å². The molecule has 0 aromatic carbocycles. The van der Waals surface area contributed by atoms with Crippen LogP contribution in [-0.4, -0.2) is 28.0 Å². The molecule has 0 spiro atoms. The van der Waals surface area contributed by atoms with Crippen LogP contribution in [0, 0.1) is 0 Å². The lowest BCUT2D eigenvalue weighted by atomic mass is 10.2. The van der Waals surface area contributed by atoms with Crippen molar-refractivity contribution >= 4 is 28.8 Å². The molecule has 96 valence electrons. The van der Waals surface area contributed by atoms with Crippen molar-refractivity contribution in [2.75, 3.05) is 5.32 Å². The van der Waals surface area contributed by atoms with Gasteiger partial charge in [0, 0.05) is 17.8 Å². The van der Waals surface area contributed by atoms with Crippen molar-refractivity contribution in [2.24, 2.45) is 5.73 Å². The molecule has 0 bridgehead atoms. The lowest BCUT2D eigenvalue weighted by Gasteiger charge is -2.16. The number of anilines is 1. The van der Waals surface area contributed by atoms with Gasteiger partial charge in [-0.25, -0.2) is 0 Å². The molecule has 6 heteroatoms. The van der Waals surface area contributed by atoms with Crippen LogP contribution in [-0.2, 0) is 4.79 Å². The SMILES string of the molecule is CC(Nc1cnccc1C(N)=S)C(=O)NC1CC1. The van der Waals surface area contributed by atoms with E-state index in [0.717, 1.165) is 12.8 Å². The van der Waals surface area contributed by atoms with Crippen molar-refractivity contribution in [3.63, 3.8) is 0 Å². The van der Waals surface area contributed by atoms with Crippen molar-refractivity contribution in [3.8, 4) is 0 Å².